The van der Waals surface area contributed by atoms with Crippen molar-refractivity contribution in [1.82, 2.24) is 4.72 Å². The van der Waals surface area contributed by atoms with Crippen LogP contribution in [0.25, 0.3) is 0 Å². The zero-order valence-electron chi connectivity index (χ0n) is 10.7. The minimum absolute atomic E-state index is 0.259. The quantitative estimate of drug-likeness (QED) is 0.816. The molecule has 2 N–H and O–H groups in total. The fourth-order valence-corrected chi connectivity index (χ4v) is 4.45. The highest BCUT2D eigenvalue weighted by Crippen LogP contribution is 2.41. The zero-order chi connectivity index (χ0) is 15.8. The molecule has 5 nitrogen and oxygen atoms in total. The second kappa shape index (κ2) is 5.62. The number of hydrogen-bond donors (Lipinski definition) is 2. The Morgan fingerprint density at radius 3 is 2.43 bits per heavy atom. The Kier molecular flexibility index (Phi) is 4.36. The van der Waals surface area contributed by atoms with Crippen molar-refractivity contribution in [2.45, 2.75) is 24.2 Å². The molecule has 0 spiro atoms. The van der Waals surface area contributed by atoms with Crippen LogP contribution in [0, 0.1) is 17.0 Å². The first-order chi connectivity index (χ1) is 9.68. The van der Waals surface area contributed by atoms with Crippen molar-refractivity contribution < 1.29 is 27.1 Å². The van der Waals surface area contributed by atoms with Crippen molar-refractivity contribution in [3.8, 4) is 0 Å². The Hall–Kier alpha value is -1.06. The summed E-state index contributed by atoms with van der Waals surface area (Å²) in [5.41, 5.74) is -1.14. The van der Waals surface area contributed by atoms with Gasteiger partial charge in [0.1, 0.15) is 16.5 Å². The molecule has 0 aliphatic heterocycles. The van der Waals surface area contributed by atoms with Crippen LogP contribution < -0.4 is 4.72 Å². The summed E-state index contributed by atoms with van der Waals surface area (Å²) in [7, 11) is -4.28. The van der Waals surface area contributed by atoms with Gasteiger partial charge in [0.25, 0.3) is 0 Å². The van der Waals surface area contributed by atoms with Gasteiger partial charge in [-0.3, -0.25) is 4.79 Å². The molecule has 1 aromatic carbocycles. The van der Waals surface area contributed by atoms with E-state index >= 15 is 0 Å². The molecule has 1 saturated carbocycles. The largest absolute Gasteiger partial charge is 0.481 e. The van der Waals surface area contributed by atoms with Crippen LogP contribution in [0.3, 0.4) is 0 Å². The van der Waals surface area contributed by atoms with Gasteiger partial charge in [-0.2, -0.15) is 0 Å². The molecular weight excluding hydrogens is 372 g/mol. The third kappa shape index (κ3) is 3.09. The molecule has 1 fully saturated rings. The van der Waals surface area contributed by atoms with Crippen molar-refractivity contribution in [3.05, 3.63) is 28.2 Å². The average Bonchev–Trinajstić information content (AvgIpc) is 2.24. The lowest BCUT2D eigenvalue weighted by atomic mass is 9.69. The Balaban J connectivity index is 2.26. The summed E-state index contributed by atoms with van der Waals surface area (Å²) in [4.78, 5) is 10.4. The van der Waals surface area contributed by atoms with Gasteiger partial charge in [0.15, 0.2) is 0 Å². The Bertz CT molecular complexity index is 665. The summed E-state index contributed by atoms with van der Waals surface area (Å²) >= 11 is 2.80. The van der Waals surface area contributed by atoms with Gasteiger partial charge < -0.3 is 5.11 Å². The van der Waals surface area contributed by atoms with Crippen LogP contribution in [-0.2, 0) is 14.8 Å². The lowest BCUT2D eigenvalue weighted by molar-refractivity contribution is -0.153. The van der Waals surface area contributed by atoms with Crippen LogP contribution in [0.4, 0.5) is 8.78 Å². The van der Waals surface area contributed by atoms with Crippen LogP contribution in [0.15, 0.2) is 21.5 Å². The second-order valence-corrected chi connectivity index (χ2v) is 7.52. The number of benzene rings is 1. The molecule has 116 valence electrons. The van der Waals surface area contributed by atoms with Crippen LogP contribution in [0.5, 0.6) is 0 Å². The van der Waals surface area contributed by atoms with Crippen LogP contribution >= 0.6 is 15.9 Å². The fourth-order valence-electron chi connectivity index (χ4n) is 2.16. The highest BCUT2D eigenvalue weighted by molar-refractivity contribution is 9.10. The molecule has 1 aliphatic carbocycles. The minimum Gasteiger partial charge on any atom is -0.481 e. The maximum Gasteiger partial charge on any atom is 0.310 e. The van der Waals surface area contributed by atoms with Gasteiger partial charge in [0.05, 0.1) is 5.41 Å². The lowest BCUT2D eigenvalue weighted by Crippen LogP contribution is -2.47. The molecule has 0 aromatic heterocycles. The average molecular weight is 384 g/mol. The van der Waals surface area contributed by atoms with E-state index < -0.39 is 37.9 Å². The van der Waals surface area contributed by atoms with Gasteiger partial charge in [-0.1, -0.05) is 6.42 Å². The van der Waals surface area contributed by atoms with Gasteiger partial charge in [-0.25, -0.2) is 21.9 Å². The third-order valence-electron chi connectivity index (χ3n) is 3.60. The number of halogens is 3. The predicted molar refractivity (Wildman–Crippen MR) is 73.2 cm³/mol. The maximum absolute atomic E-state index is 13.7. The van der Waals surface area contributed by atoms with Crippen molar-refractivity contribution in [2.75, 3.05) is 6.54 Å². The number of carboxylic acid groups (broad SMARTS) is 1. The summed E-state index contributed by atoms with van der Waals surface area (Å²) in [5.74, 6) is -3.25. The first-order valence-electron chi connectivity index (χ1n) is 6.06. The number of aliphatic carboxylic acids is 1. The predicted octanol–water partition coefficient (Wildman–Crippen LogP) is 2.26. The van der Waals surface area contributed by atoms with Crippen molar-refractivity contribution >= 4 is 31.9 Å². The molecule has 0 amide bonds. The highest BCUT2D eigenvalue weighted by Gasteiger charge is 2.45. The van der Waals surface area contributed by atoms with Gasteiger partial charge in [0.2, 0.25) is 10.0 Å². The van der Waals surface area contributed by atoms with E-state index in [1.807, 2.05) is 0 Å². The molecule has 0 saturated heterocycles. The summed E-state index contributed by atoms with van der Waals surface area (Å²) in [5, 5.41) is 9.13. The van der Waals surface area contributed by atoms with Gasteiger partial charge >= 0.3 is 5.97 Å². The van der Waals surface area contributed by atoms with E-state index in [2.05, 4.69) is 20.7 Å². The molecule has 1 aromatic rings. The normalized spacial score (nSPS) is 17.3. The van der Waals surface area contributed by atoms with E-state index in [1.54, 1.807) is 0 Å². The molecule has 0 bridgehead atoms. The lowest BCUT2D eigenvalue weighted by Gasteiger charge is -2.37. The molecule has 0 radical (unpaired) electrons. The number of hydrogen-bond acceptors (Lipinski definition) is 3. The number of sulfonamides is 1. The molecule has 0 heterocycles. The number of carboxylic acids is 1. The Morgan fingerprint density at radius 1 is 1.38 bits per heavy atom. The van der Waals surface area contributed by atoms with Gasteiger partial charge in [0, 0.05) is 17.1 Å². The summed E-state index contributed by atoms with van der Waals surface area (Å²) in [6, 6.07) is 1.28. The summed E-state index contributed by atoms with van der Waals surface area (Å²) in [6.07, 6.45) is 1.42. The van der Waals surface area contributed by atoms with Crippen LogP contribution in [0.2, 0.25) is 0 Å². The second-order valence-electron chi connectivity index (χ2n) is 4.96. The highest BCUT2D eigenvalue weighted by atomic mass is 79.9. The van der Waals surface area contributed by atoms with Crippen molar-refractivity contribution in [3.63, 3.8) is 0 Å². The molecule has 0 atom stereocenters. The van der Waals surface area contributed by atoms with Crippen molar-refractivity contribution in [2.24, 2.45) is 5.41 Å². The van der Waals surface area contributed by atoms with Crippen LogP contribution in [0.1, 0.15) is 19.3 Å². The van der Waals surface area contributed by atoms with E-state index in [4.69, 9.17) is 5.11 Å². The molecule has 21 heavy (non-hydrogen) atoms. The summed E-state index contributed by atoms with van der Waals surface area (Å²) < 4.78 is 52.7. The SMILES string of the molecule is O=C(O)C1(CNS(=O)(=O)c2c(F)cc(F)cc2Br)CCC1. The molecule has 0 unspecified atom stereocenters. The monoisotopic (exact) mass is 383 g/mol. The van der Waals surface area contributed by atoms with Crippen molar-refractivity contribution in [1.29, 1.82) is 0 Å². The fraction of sp³-hybridized carbons (Fsp3) is 0.417. The number of rotatable bonds is 5. The van der Waals surface area contributed by atoms with E-state index in [-0.39, 0.29) is 11.0 Å². The molecule has 9 heteroatoms. The number of carbonyl (C=O) groups is 1. The minimum atomic E-state index is -4.28. The van der Waals surface area contributed by atoms with Gasteiger partial charge in [-0.05, 0) is 34.8 Å². The topological polar surface area (TPSA) is 83.5 Å². The first-order valence-corrected chi connectivity index (χ1v) is 8.33. The first kappa shape index (κ1) is 16.3. The Labute approximate surface area is 128 Å². The molecule has 2 rings (SSSR count). The van der Waals surface area contributed by atoms with Gasteiger partial charge in [-0.15, -0.1) is 0 Å². The zero-order valence-corrected chi connectivity index (χ0v) is 13.1. The van der Waals surface area contributed by atoms with E-state index in [1.165, 1.54) is 0 Å². The Morgan fingerprint density at radius 2 is 2.00 bits per heavy atom. The maximum atomic E-state index is 13.7. The van der Waals surface area contributed by atoms with Crippen LogP contribution in [-0.4, -0.2) is 26.0 Å². The number of nitrogens with one attached hydrogen (secondary N) is 1. The molecule has 1 aliphatic rings. The summed E-state index contributed by atoms with van der Waals surface area (Å²) in [6.45, 7) is -0.325. The van der Waals surface area contributed by atoms with E-state index in [0.29, 0.717) is 25.3 Å². The smallest absolute Gasteiger partial charge is 0.310 e. The third-order valence-corrected chi connectivity index (χ3v) is 5.96. The standard InChI is InChI=1S/C12H12BrF2NO4S/c13-8-4-7(14)5-9(15)10(8)21(19,20)16-6-12(11(17)18)2-1-3-12/h4-5,16H,1-3,6H2,(H,17,18). The van der Waals surface area contributed by atoms with E-state index in [0.717, 1.165) is 6.07 Å². The molecular formula is C12H12BrF2NO4S. The van der Waals surface area contributed by atoms with E-state index in [9.17, 15) is 22.0 Å².